The van der Waals surface area contributed by atoms with Crippen molar-refractivity contribution >= 4 is 11.9 Å². The Kier molecular flexibility index (Phi) is 5.06. The lowest BCUT2D eigenvalue weighted by molar-refractivity contribution is 0.103. The quantitative estimate of drug-likeness (QED) is 0.669. The first kappa shape index (κ1) is 16.6. The van der Waals surface area contributed by atoms with E-state index in [1.807, 2.05) is 31.2 Å². The number of rotatable bonds is 5. The predicted molar refractivity (Wildman–Crippen MR) is 90.4 cm³/mol. The van der Waals surface area contributed by atoms with Crippen molar-refractivity contribution in [2.75, 3.05) is 14.2 Å². The minimum atomic E-state index is -0.289. The fourth-order valence-corrected chi connectivity index (χ4v) is 2.26. The van der Waals surface area contributed by atoms with Crippen LogP contribution in [0.2, 0.25) is 0 Å². The zero-order valence-corrected chi connectivity index (χ0v) is 13.7. The molecule has 0 bridgehead atoms. The molecule has 1 N–H and O–H groups in total. The molecule has 0 fully saturated rings. The number of hydrogen-bond acceptors (Lipinski definition) is 4. The lowest BCUT2D eigenvalue weighted by Gasteiger charge is -2.12. The standard InChI is InChI=1S/C19H20O4/c1-12-5-7-14(8-6-12)9-13(2)19(21)18-16(20)10-15(22-3)11-17(18)23-4/h5-11,20H,1-4H3/b13-9+. The van der Waals surface area contributed by atoms with Crippen molar-refractivity contribution in [2.24, 2.45) is 0 Å². The minimum Gasteiger partial charge on any atom is -0.507 e. The number of ketones is 1. The number of methoxy groups -OCH3 is 2. The third-order valence-corrected chi connectivity index (χ3v) is 3.56. The van der Waals surface area contributed by atoms with Crippen LogP contribution in [0.5, 0.6) is 17.2 Å². The number of carbonyl (C=O) groups excluding carboxylic acids is 1. The van der Waals surface area contributed by atoms with Gasteiger partial charge in [-0.05, 0) is 31.1 Å². The number of phenolic OH excluding ortho intramolecular Hbond substituents is 1. The molecule has 0 aliphatic carbocycles. The van der Waals surface area contributed by atoms with Crippen molar-refractivity contribution in [1.82, 2.24) is 0 Å². The predicted octanol–water partition coefficient (Wildman–Crippen LogP) is 4.00. The van der Waals surface area contributed by atoms with Crippen LogP contribution in [0.15, 0.2) is 42.0 Å². The van der Waals surface area contributed by atoms with Gasteiger partial charge >= 0.3 is 0 Å². The Labute approximate surface area is 136 Å². The molecular formula is C19H20O4. The summed E-state index contributed by atoms with van der Waals surface area (Å²) in [6.45, 7) is 3.72. The molecule has 0 aliphatic rings. The van der Waals surface area contributed by atoms with Gasteiger partial charge in [-0.2, -0.15) is 0 Å². The summed E-state index contributed by atoms with van der Waals surface area (Å²) in [5, 5.41) is 10.1. The second-order valence-electron chi connectivity index (χ2n) is 5.29. The Balaban J connectivity index is 2.41. The Morgan fingerprint density at radius 1 is 1.09 bits per heavy atom. The number of phenols is 1. The molecule has 0 aromatic heterocycles. The summed E-state index contributed by atoms with van der Waals surface area (Å²) < 4.78 is 10.3. The molecule has 0 spiro atoms. The number of benzene rings is 2. The first-order valence-corrected chi connectivity index (χ1v) is 7.21. The average Bonchev–Trinajstić information content (AvgIpc) is 2.55. The topological polar surface area (TPSA) is 55.8 Å². The molecule has 2 aromatic carbocycles. The van der Waals surface area contributed by atoms with E-state index in [0.717, 1.165) is 11.1 Å². The molecule has 2 rings (SSSR count). The molecule has 4 nitrogen and oxygen atoms in total. The van der Waals surface area contributed by atoms with Gasteiger partial charge in [0.25, 0.3) is 0 Å². The number of aryl methyl sites for hydroxylation is 1. The first-order valence-electron chi connectivity index (χ1n) is 7.21. The fraction of sp³-hybridized carbons (Fsp3) is 0.211. The summed E-state index contributed by atoms with van der Waals surface area (Å²) in [5.41, 5.74) is 2.72. The lowest BCUT2D eigenvalue weighted by Crippen LogP contribution is -2.04. The SMILES string of the molecule is COc1cc(O)c(C(=O)/C(C)=C/c2ccc(C)cc2)c(OC)c1. The van der Waals surface area contributed by atoms with Crippen LogP contribution in [-0.4, -0.2) is 25.1 Å². The van der Waals surface area contributed by atoms with Crippen molar-refractivity contribution in [3.8, 4) is 17.2 Å². The van der Waals surface area contributed by atoms with Crippen LogP contribution in [0.4, 0.5) is 0 Å². The molecule has 0 radical (unpaired) electrons. The lowest BCUT2D eigenvalue weighted by atomic mass is 10.00. The highest BCUT2D eigenvalue weighted by molar-refractivity contribution is 6.14. The van der Waals surface area contributed by atoms with E-state index in [4.69, 9.17) is 9.47 Å². The Morgan fingerprint density at radius 3 is 2.30 bits per heavy atom. The minimum absolute atomic E-state index is 0.133. The van der Waals surface area contributed by atoms with Gasteiger partial charge < -0.3 is 14.6 Å². The first-order chi connectivity index (χ1) is 11.0. The van der Waals surface area contributed by atoms with Crippen LogP contribution in [0.1, 0.15) is 28.4 Å². The van der Waals surface area contributed by atoms with Gasteiger partial charge in [-0.25, -0.2) is 0 Å². The summed E-state index contributed by atoms with van der Waals surface area (Å²) in [6, 6.07) is 10.8. The monoisotopic (exact) mass is 312 g/mol. The van der Waals surface area contributed by atoms with Gasteiger partial charge in [-0.1, -0.05) is 29.8 Å². The fourth-order valence-electron chi connectivity index (χ4n) is 2.26. The molecule has 0 unspecified atom stereocenters. The highest BCUT2D eigenvalue weighted by Gasteiger charge is 2.20. The molecule has 0 amide bonds. The average molecular weight is 312 g/mol. The highest BCUT2D eigenvalue weighted by atomic mass is 16.5. The maximum absolute atomic E-state index is 12.7. The zero-order valence-electron chi connectivity index (χ0n) is 13.7. The maximum Gasteiger partial charge on any atom is 0.196 e. The van der Waals surface area contributed by atoms with Crippen LogP contribution in [-0.2, 0) is 0 Å². The molecule has 0 saturated heterocycles. The molecule has 0 heterocycles. The number of hydrogen-bond donors (Lipinski definition) is 1. The molecule has 2 aromatic rings. The second-order valence-corrected chi connectivity index (χ2v) is 5.29. The van der Waals surface area contributed by atoms with E-state index < -0.39 is 0 Å². The largest absolute Gasteiger partial charge is 0.507 e. The van der Waals surface area contributed by atoms with Crippen LogP contribution in [0, 0.1) is 6.92 Å². The number of Topliss-reactive ketones (excluding diaryl/α,β-unsaturated/α-hetero) is 1. The smallest absolute Gasteiger partial charge is 0.196 e. The van der Waals surface area contributed by atoms with E-state index in [1.54, 1.807) is 19.1 Å². The summed E-state index contributed by atoms with van der Waals surface area (Å²) in [5.74, 6) is 0.255. The van der Waals surface area contributed by atoms with Crippen LogP contribution < -0.4 is 9.47 Å². The van der Waals surface area contributed by atoms with E-state index in [2.05, 4.69) is 0 Å². The molecule has 120 valence electrons. The van der Waals surface area contributed by atoms with Gasteiger partial charge in [0.1, 0.15) is 22.8 Å². The summed E-state index contributed by atoms with van der Waals surface area (Å²) >= 11 is 0. The van der Waals surface area contributed by atoms with Crippen molar-refractivity contribution in [1.29, 1.82) is 0 Å². The zero-order chi connectivity index (χ0) is 17.0. The molecule has 0 saturated carbocycles. The Hall–Kier alpha value is -2.75. The van der Waals surface area contributed by atoms with E-state index in [9.17, 15) is 9.90 Å². The van der Waals surface area contributed by atoms with Crippen molar-refractivity contribution in [3.63, 3.8) is 0 Å². The molecule has 4 heteroatoms. The molecular weight excluding hydrogens is 292 g/mol. The molecule has 0 atom stereocenters. The number of allylic oxidation sites excluding steroid dienone is 1. The van der Waals surface area contributed by atoms with Gasteiger partial charge in [-0.15, -0.1) is 0 Å². The molecule has 23 heavy (non-hydrogen) atoms. The number of aromatic hydroxyl groups is 1. The van der Waals surface area contributed by atoms with Crippen LogP contribution >= 0.6 is 0 Å². The summed E-state index contributed by atoms with van der Waals surface area (Å²) in [4.78, 5) is 12.7. The molecule has 0 aliphatic heterocycles. The highest BCUT2D eigenvalue weighted by Crippen LogP contribution is 2.35. The van der Waals surface area contributed by atoms with Gasteiger partial charge in [0, 0.05) is 12.1 Å². The Morgan fingerprint density at radius 2 is 1.74 bits per heavy atom. The van der Waals surface area contributed by atoms with E-state index >= 15 is 0 Å². The number of carbonyl (C=O) groups is 1. The third-order valence-electron chi connectivity index (χ3n) is 3.56. The van der Waals surface area contributed by atoms with Crippen LogP contribution in [0.3, 0.4) is 0 Å². The summed E-state index contributed by atoms with van der Waals surface area (Å²) in [6.07, 6.45) is 1.78. The van der Waals surface area contributed by atoms with E-state index in [0.29, 0.717) is 11.3 Å². The van der Waals surface area contributed by atoms with Crippen LogP contribution in [0.25, 0.3) is 6.08 Å². The summed E-state index contributed by atoms with van der Waals surface area (Å²) in [7, 11) is 2.93. The third kappa shape index (κ3) is 3.72. The Bertz CT molecular complexity index is 743. The van der Waals surface area contributed by atoms with Crippen molar-refractivity contribution < 1.29 is 19.4 Å². The van der Waals surface area contributed by atoms with E-state index in [-0.39, 0.29) is 22.8 Å². The van der Waals surface area contributed by atoms with Crippen molar-refractivity contribution in [2.45, 2.75) is 13.8 Å². The van der Waals surface area contributed by atoms with E-state index in [1.165, 1.54) is 20.3 Å². The van der Waals surface area contributed by atoms with Gasteiger partial charge in [-0.3, -0.25) is 4.79 Å². The van der Waals surface area contributed by atoms with Crippen molar-refractivity contribution in [3.05, 3.63) is 58.7 Å². The van der Waals surface area contributed by atoms with Gasteiger partial charge in [0.15, 0.2) is 5.78 Å². The van der Waals surface area contributed by atoms with Gasteiger partial charge in [0.2, 0.25) is 0 Å². The normalized spacial score (nSPS) is 11.2. The maximum atomic E-state index is 12.7. The number of ether oxygens (including phenoxy) is 2. The second kappa shape index (κ2) is 7.01. The van der Waals surface area contributed by atoms with Gasteiger partial charge in [0.05, 0.1) is 14.2 Å².